The van der Waals surface area contributed by atoms with Crippen molar-refractivity contribution in [1.29, 1.82) is 0 Å². The average molecular weight is 342 g/mol. The van der Waals surface area contributed by atoms with Crippen molar-refractivity contribution in [2.75, 3.05) is 7.11 Å². The number of amides is 1. The number of methoxy groups -OCH3 is 1. The average Bonchev–Trinajstić information content (AvgIpc) is 2.45. The molecule has 0 aliphatic rings. The zero-order valence-electron chi connectivity index (χ0n) is 11.0. The summed E-state index contributed by atoms with van der Waals surface area (Å²) in [4.78, 5) is 23.5. The topological polar surface area (TPSA) is 75.6 Å². The molecular weight excluding hydrogens is 326 g/mol. The monoisotopic (exact) mass is 341 g/mol. The van der Waals surface area contributed by atoms with Crippen LogP contribution in [-0.4, -0.2) is 30.1 Å². The van der Waals surface area contributed by atoms with Crippen molar-refractivity contribution in [2.24, 2.45) is 0 Å². The lowest BCUT2D eigenvalue weighted by Crippen LogP contribution is -2.43. The molecule has 0 fully saturated rings. The maximum Gasteiger partial charge on any atom is 0.328 e. The van der Waals surface area contributed by atoms with E-state index < -0.39 is 24.0 Å². The summed E-state index contributed by atoms with van der Waals surface area (Å²) in [6.07, 6.45) is -1.16. The number of aliphatic hydroxyl groups excluding tert-OH is 1. The molecule has 5 nitrogen and oxygen atoms in total. The third kappa shape index (κ3) is 4.79. The van der Waals surface area contributed by atoms with Gasteiger partial charge < -0.3 is 15.2 Å². The summed E-state index contributed by atoms with van der Waals surface area (Å²) < 4.78 is 5.15. The first-order chi connectivity index (χ1) is 9.45. The highest BCUT2D eigenvalue weighted by Crippen LogP contribution is 2.15. The van der Waals surface area contributed by atoms with Crippen LogP contribution in [-0.2, 0) is 14.3 Å². The fourth-order valence-electron chi connectivity index (χ4n) is 1.59. The molecule has 0 bridgehead atoms. The molecule has 0 heterocycles. The standard InChI is InChI=1S/C14H16BrNO4/c1-9(15)8-11(14(19)20-2)16-13(18)12(17)10-6-4-3-5-7-10/h3-7,11-12,17H,1,8H2,2H3,(H,16,18)/t11-,12-/m0/s1. The van der Waals surface area contributed by atoms with E-state index in [-0.39, 0.29) is 6.42 Å². The fourth-order valence-corrected chi connectivity index (χ4v) is 1.92. The Morgan fingerprint density at radius 1 is 1.40 bits per heavy atom. The van der Waals surface area contributed by atoms with Crippen LogP contribution in [0.25, 0.3) is 0 Å². The van der Waals surface area contributed by atoms with Gasteiger partial charge >= 0.3 is 5.97 Å². The molecular formula is C14H16BrNO4. The second kappa shape index (κ2) is 7.81. The Balaban J connectivity index is 2.75. The van der Waals surface area contributed by atoms with E-state index in [2.05, 4.69) is 32.6 Å². The van der Waals surface area contributed by atoms with Gasteiger partial charge in [-0.1, -0.05) is 52.8 Å². The SMILES string of the molecule is C=C(Br)C[C@H](NC(=O)[C@@H](O)c1ccccc1)C(=O)OC. The van der Waals surface area contributed by atoms with E-state index in [1.807, 2.05) is 0 Å². The van der Waals surface area contributed by atoms with E-state index in [1.54, 1.807) is 30.3 Å². The van der Waals surface area contributed by atoms with Crippen molar-refractivity contribution < 1.29 is 19.4 Å². The van der Waals surface area contributed by atoms with Crippen molar-refractivity contribution in [1.82, 2.24) is 5.32 Å². The number of ether oxygens (including phenoxy) is 1. The minimum Gasteiger partial charge on any atom is -0.467 e. The van der Waals surface area contributed by atoms with E-state index >= 15 is 0 Å². The van der Waals surface area contributed by atoms with E-state index in [1.165, 1.54) is 7.11 Å². The molecule has 1 aromatic carbocycles. The molecule has 0 aliphatic carbocycles. The smallest absolute Gasteiger partial charge is 0.328 e. The number of nitrogens with one attached hydrogen (secondary N) is 1. The van der Waals surface area contributed by atoms with Crippen molar-refractivity contribution in [3.05, 3.63) is 47.0 Å². The van der Waals surface area contributed by atoms with Crippen LogP contribution in [0.5, 0.6) is 0 Å². The molecule has 2 atom stereocenters. The number of carbonyl (C=O) groups is 2. The van der Waals surface area contributed by atoms with Crippen LogP contribution in [0.15, 0.2) is 41.4 Å². The van der Waals surface area contributed by atoms with E-state index in [0.717, 1.165) is 0 Å². The number of hydrogen-bond donors (Lipinski definition) is 2. The lowest BCUT2D eigenvalue weighted by Gasteiger charge is -2.18. The summed E-state index contributed by atoms with van der Waals surface area (Å²) >= 11 is 3.13. The molecule has 0 spiro atoms. The summed E-state index contributed by atoms with van der Waals surface area (Å²) in [5.41, 5.74) is 0.450. The van der Waals surface area contributed by atoms with E-state index in [9.17, 15) is 14.7 Å². The Bertz CT molecular complexity index is 489. The molecule has 0 unspecified atom stereocenters. The Kier molecular flexibility index (Phi) is 6.41. The van der Waals surface area contributed by atoms with Gasteiger partial charge in [0.2, 0.25) is 0 Å². The molecule has 2 N–H and O–H groups in total. The van der Waals surface area contributed by atoms with E-state index in [0.29, 0.717) is 10.0 Å². The van der Waals surface area contributed by atoms with Gasteiger partial charge in [-0.05, 0) is 10.0 Å². The minimum atomic E-state index is -1.34. The lowest BCUT2D eigenvalue weighted by atomic mass is 10.1. The third-order valence-corrected chi connectivity index (χ3v) is 2.92. The normalized spacial score (nSPS) is 13.2. The van der Waals surface area contributed by atoms with E-state index in [4.69, 9.17) is 0 Å². The molecule has 0 aliphatic heterocycles. The molecule has 1 amide bonds. The van der Waals surface area contributed by atoms with Gasteiger partial charge in [0.1, 0.15) is 6.04 Å². The maximum absolute atomic E-state index is 11.9. The molecule has 108 valence electrons. The Morgan fingerprint density at radius 3 is 2.50 bits per heavy atom. The quantitative estimate of drug-likeness (QED) is 0.772. The summed E-state index contributed by atoms with van der Waals surface area (Å²) in [5, 5.41) is 12.4. The first-order valence-electron chi connectivity index (χ1n) is 5.90. The zero-order chi connectivity index (χ0) is 15.1. The molecule has 0 aromatic heterocycles. The Hall–Kier alpha value is -1.66. The van der Waals surface area contributed by atoms with Crippen LogP contribution in [0.2, 0.25) is 0 Å². The Labute approximate surface area is 125 Å². The van der Waals surface area contributed by atoms with Crippen LogP contribution < -0.4 is 5.32 Å². The predicted molar refractivity (Wildman–Crippen MR) is 78.0 cm³/mol. The minimum absolute atomic E-state index is 0.180. The Morgan fingerprint density at radius 2 is 2.00 bits per heavy atom. The van der Waals surface area contributed by atoms with Crippen molar-refractivity contribution in [2.45, 2.75) is 18.6 Å². The summed E-state index contributed by atoms with van der Waals surface area (Å²) in [6, 6.07) is 7.56. The van der Waals surface area contributed by atoms with Crippen LogP contribution in [0.3, 0.4) is 0 Å². The highest BCUT2D eigenvalue weighted by atomic mass is 79.9. The van der Waals surface area contributed by atoms with Crippen LogP contribution in [0.1, 0.15) is 18.1 Å². The van der Waals surface area contributed by atoms with Gasteiger partial charge in [0.15, 0.2) is 6.10 Å². The summed E-state index contributed by atoms with van der Waals surface area (Å²) in [6.45, 7) is 3.62. The second-order valence-corrected chi connectivity index (χ2v) is 5.24. The number of carbonyl (C=O) groups excluding carboxylic acids is 2. The van der Waals surface area contributed by atoms with Gasteiger partial charge in [-0.2, -0.15) is 0 Å². The molecule has 6 heteroatoms. The number of benzene rings is 1. The van der Waals surface area contributed by atoms with Crippen LogP contribution >= 0.6 is 15.9 Å². The van der Waals surface area contributed by atoms with Gasteiger partial charge in [0.05, 0.1) is 7.11 Å². The second-order valence-electron chi connectivity index (χ2n) is 4.12. The first kappa shape index (κ1) is 16.4. The highest BCUT2D eigenvalue weighted by Gasteiger charge is 2.25. The number of halogens is 1. The van der Waals surface area contributed by atoms with Gasteiger partial charge in [-0.25, -0.2) is 4.79 Å². The largest absolute Gasteiger partial charge is 0.467 e. The molecule has 1 aromatic rings. The maximum atomic E-state index is 11.9. The molecule has 20 heavy (non-hydrogen) atoms. The molecule has 0 radical (unpaired) electrons. The fraction of sp³-hybridized carbons (Fsp3) is 0.286. The summed E-state index contributed by atoms with van der Waals surface area (Å²) in [5.74, 6) is -1.26. The zero-order valence-corrected chi connectivity index (χ0v) is 12.6. The van der Waals surface area contributed by atoms with Crippen molar-refractivity contribution >= 4 is 27.8 Å². The summed E-state index contributed by atoms with van der Waals surface area (Å²) in [7, 11) is 1.23. The lowest BCUT2D eigenvalue weighted by molar-refractivity contribution is -0.146. The number of esters is 1. The first-order valence-corrected chi connectivity index (χ1v) is 6.69. The van der Waals surface area contributed by atoms with Crippen molar-refractivity contribution in [3.8, 4) is 0 Å². The van der Waals surface area contributed by atoms with Crippen molar-refractivity contribution in [3.63, 3.8) is 0 Å². The van der Waals surface area contributed by atoms with Crippen LogP contribution in [0, 0.1) is 0 Å². The predicted octanol–water partition coefficient (Wildman–Crippen LogP) is 1.68. The van der Waals surface area contributed by atoms with Gasteiger partial charge in [0, 0.05) is 6.42 Å². The van der Waals surface area contributed by atoms with Gasteiger partial charge in [-0.3, -0.25) is 4.79 Å². The number of aliphatic hydroxyl groups is 1. The number of hydrogen-bond acceptors (Lipinski definition) is 4. The molecule has 0 saturated heterocycles. The van der Waals surface area contributed by atoms with Gasteiger partial charge in [0.25, 0.3) is 5.91 Å². The number of rotatable bonds is 6. The highest BCUT2D eigenvalue weighted by molar-refractivity contribution is 9.11. The third-order valence-electron chi connectivity index (χ3n) is 2.59. The molecule has 1 rings (SSSR count). The van der Waals surface area contributed by atoms with Crippen LogP contribution in [0.4, 0.5) is 0 Å². The van der Waals surface area contributed by atoms with Gasteiger partial charge in [-0.15, -0.1) is 0 Å². The molecule has 0 saturated carbocycles.